The van der Waals surface area contributed by atoms with Gasteiger partial charge in [-0.25, -0.2) is 0 Å². The van der Waals surface area contributed by atoms with Crippen molar-refractivity contribution in [3.05, 3.63) is 24.3 Å². The van der Waals surface area contributed by atoms with E-state index in [-0.39, 0.29) is 0 Å². The standard InChI is InChI=1S/C10H11NO/c1-2-3-8-12-10-6-4-9(11)5-7-10/h4-7H,8,11H2,1H3. The fraction of sp³-hybridized carbons (Fsp3) is 0.200. The number of hydrogen-bond acceptors (Lipinski definition) is 2. The van der Waals surface area contributed by atoms with Crippen LogP contribution in [0.4, 0.5) is 5.69 Å². The van der Waals surface area contributed by atoms with E-state index in [2.05, 4.69) is 11.8 Å². The van der Waals surface area contributed by atoms with Crippen LogP contribution in [-0.4, -0.2) is 6.61 Å². The van der Waals surface area contributed by atoms with Gasteiger partial charge in [-0.15, -0.1) is 5.92 Å². The molecular formula is C10H11NO. The third-order valence-corrected chi connectivity index (χ3v) is 1.37. The molecule has 0 aromatic heterocycles. The number of anilines is 1. The van der Waals surface area contributed by atoms with Gasteiger partial charge in [0.05, 0.1) is 0 Å². The van der Waals surface area contributed by atoms with Crippen molar-refractivity contribution in [1.82, 2.24) is 0 Å². The van der Waals surface area contributed by atoms with Crippen LogP contribution < -0.4 is 10.5 Å². The van der Waals surface area contributed by atoms with Crippen LogP contribution in [0.2, 0.25) is 0 Å². The van der Waals surface area contributed by atoms with Crippen molar-refractivity contribution in [3.63, 3.8) is 0 Å². The zero-order chi connectivity index (χ0) is 8.81. The number of ether oxygens (including phenoxy) is 1. The van der Waals surface area contributed by atoms with Crippen LogP contribution in [0.3, 0.4) is 0 Å². The van der Waals surface area contributed by atoms with Crippen molar-refractivity contribution in [3.8, 4) is 17.6 Å². The van der Waals surface area contributed by atoms with Crippen molar-refractivity contribution in [2.75, 3.05) is 12.3 Å². The van der Waals surface area contributed by atoms with Gasteiger partial charge in [-0.05, 0) is 31.2 Å². The monoisotopic (exact) mass is 161 g/mol. The smallest absolute Gasteiger partial charge is 0.149 e. The highest BCUT2D eigenvalue weighted by Crippen LogP contribution is 2.12. The summed E-state index contributed by atoms with van der Waals surface area (Å²) in [6.07, 6.45) is 0. The number of nitrogen functional groups attached to an aromatic ring is 1. The molecule has 2 nitrogen and oxygen atoms in total. The summed E-state index contributed by atoms with van der Waals surface area (Å²) in [6, 6.07) is 7.25. The summed E-state index contributed by atoms with van der Waals surface area (Å²) < 4.78 is 5.27. The molecule has 0 aliphatic carbocycles. The molecule has 0 radical (unpaired) electrons. The van der Waals surface area contributed by atoms with E-state index in [1.165, 1.54) is 0 Å². The highest BCUT2D eigenvalue weighted by molar-refractivity contribution is 5.41. The lowest BCUT2D eigenvalue weighted by Crippen LogP contribution is -1.93. The largest absolute Gasteiger partial charge is 0.481 e. The van der Waals surface area contributed by atoms with E-state index in [4.69, 9.17) is 10.5 Å². The molecule has 0 aliphatic rings. The molecule has 2 N–H and O–H groups in total. The molecule has 0 amide bonds. The lowest BCUT2D eigenvalue weighted by Gasteiger charge is -2.00. The highest BCUT2D eigenvalue weighted by Gasteiger charge is 1.89. The van der Waals surface area contributed by atoms with E-state index in [0.717, 1.165) is 11.4 Å². The Morgan fingerprint density at radius 2 is 2.00 bits per heavy atom. The Bertz CT molecular complexity index is 292. The molecular weight excluding hydrogens is 150 g/mol. The van der Waals surface area contributed by atoms with Crippen LogP contribution in [0.1, 0.15) is 6.92 Å². The Morgan fingerprint density at radius 3 is 2.58 bits per heavy atom. The van der Waals surface area contributed by atoms with Crippen LogP contribution in [0, 0.1) is 11.8 Å². The summed E-state index contributed by atoms with van der Waals surface area (Å²) in [5.41, 5.74) is 6.24. The van der Waals surface area contributed by atoms with Gasteiger partial charge in [-0.3, -0.25) is 0 Å². The average molecular weight is 161 g/mol. The molecule has 0 spiro atoms. The van der Waals surface area contributed by atoms with E-state index in [0.29, 0.717) is 6.61 Å². The first-order valence-electron chi connectivity index (χ1n) is 3.71. The van der Waals surface area contributed by atoms with Crippen molar-refractivity contribution >= 4 is 5.69 Å². The predicted octanol–water partition coefficient (Wildman–Crippen LogP) is 1.67. The van der Waals surface area contributed by atoms with Crippen molar-refractivity contribution < 1.29 is 4.74 Å². The molecule has 0 saturated carbocycles. The quantitative estimate of drug-likeness (QED) is 0.529. The van der Waals surface area contributed by atoms with Gasteiger partial charge in [0, 0.05) is 5.69 Å². The van der Waals surface area contributed by atoms with Crippen LogP contribution in [0.5, 0.6) is 5.75 Å². The molecule has 0 fully saturated rings. The van der Waals surface area contributed by atoms with Crippen LogP contribution >= 0.6 is 0 Å². The Kier molecular flexibility index (Phi) is 3.04. The third-order valence-electron chi connectivity index (χ3n) is 1.37. The van der Waals surface area contributed by atoms with Gasteiger partial charge >= 0.3 is 0 Å². The second-order valence-corrected chi connectivity index (χ2v) is 2.28. The lowest BCUT2D eigenvalue weighted by atomic mass is 10.3. The maximum absolute atomic E-state index is 5.50. The summed E-state index contributed by atoms with van der Waals surface area (Å²) in [5, 5.41) is 0. The SMILES string of the molecule is CC#CCOc1ccc(N)cc1. The molecule has 1 aromatic carbocycles. The van der Waals surface area contributed by atoms with Crippen molar-refractivity contribution in [2.24, 2.45) is 0 Å². The Labute approximate surface area is 72.3 Å². The van der Waals surface area contributed by atoms with Crippen LogP contribution in [0.25, 0.3) is 0 Å². The predicted molar refractivity (Wildman–Crippen MR) is 49.8 cm³/mol. The second kappa shape index (κ2) is 4.30. The van der Waals surface area contributed by atoms with Gasteiger partial charge in [0.25, 0.3) is 0 Å². The van der Waals surface area contributed by atoms with E-state index in [1.54, 1.807) is 19.1 Å². The second-order valence-electron chi connectivity index (χ2n) is 2.28. The molecule has 12 heavy (non-hydrogen) atoms. The van der Waals surface area contributed by atoms with Crippen LogP contribution in [-0.2, 0) is 0 Å². The molecule has 1 aromatic rings. The molecule has 0 unspecified atom stereocenters. The minimum absolute atomic E-state index is 0.431. The maximum Gasteiger partial charge on any atom is 0.149 e. The molecule has 1 rings (SSSR count). The zero-order valence-electron chi connectivity index (χ0n) is 7.00. The molecule has 0 atom stereocenters. The van der Waals surface area contributed by atoms with Gasteiger partial charge in [0.15, 0.2) is 0 Å². The molecule has 2 heteroatoms. The summed E-state index contributed by atoms with van der Waals surface area (Å²) in [5.74, 6) is 6.36. The molecule has 0 saturated heterocycles. The number of hydrogen-bond donors (Lipinski definition) is 1. The Hall–Kier alpha value is -1.62. The van der Waals surface area contributed by atoms with Gasteiger partial charge in [0.1, 0.15) is 12.4 Å². The van der Waals surface area contributed by atoms with E-state index in [9.17, 15) is 0 Å². The first-order chi connectivity index (χ1) is 5.83. The fourth-order valence-corrected chi connectivity index (χ4v) is 0.756. The highest BCUT2D eigenvalue weighted by atomic mass is 16.5. The first kappa shape index (κ1) is 8.48. The van der Waals surface area contributed by atoms with Gasteiger partial charge in [0.2, 0.25) is 0 Å². The van der Waals surface area contributed by atoms with Gasteiger partial charge in [-0.2, -0.15) is 0 Å². The van der Waals surface area contributed by atoms with Crippen molar-refractivity contribution in [2.45, 2.75) is 6.92 Å². The van der Waals surface area contributed by atoms with E-state index >= 15 is 0 Å². The Balaban J connectivity index is 2.51. The number of nitrogens with two attached hydrogens (primary N) is 1. The molecule has 0 heterocycles. The minimum Gasteiger partial charge on any atom is -0.481 e. The number of rotatable bonds is 2. The first-order valence-corrected chi connectivity index (χ1v) is 3.71. The van der Waals surface area contributed by atoms with Crippen molar-refractivity contribution in [1.29, 1.82) is 0 Å². The summed E-state index contributed by atoms with van der Waals surface area (Å²) in [7, 11) is 0. The molecule has 0 bridgehead atoms. The third kappa shape index (κ3) is 2.55. The summed E-state index contributed by atoms with van der Waals surface area (Å²) in [4.78, 5) is 0. The molecule has 0 aliphatic heterocycles. The minimum atomic E-state index is 0.431. The topological polar surface area (TPSA) is 35.2 Å². The van der Waals surface area contributed by atoms with E-state index < -0.39 is 0 Å². The van der Waals surface area contributed by atoms with E-state index in [1.807, 2.05) is 12.1 Å². The Morgan fingerprint density at radius 1 is 1.33 bits per heavy atom. The van der Waals surface area contributed by atoms with Gasteiger partial charge < -0.3 is 10.5 Å². The number of benzene rings is 1. The average Bonchev–Trinajstić information content (AvgIpc) is 2.09. The summed E-state index contributed by atoms with van der Waals surface area (Å²) >= 11 is 0. The fourth-order valence-electron chi connectivity index (χ4n) is 0.756. The summed E-state index contributed by atoms with van der Waals surface area (Å²) in [6.45, 7) is 2.22. The normalized spacial score (nSPS) is 8.42. The zero-order valence-corrected chi connectivity index (χ0v) is 7.00. The van der Waals surface area contributed by atoms with Crippen LogP contribution in [0.15, 0.2) is 24.3 Å². The molecule has 62 valence electrons. The van der Waals surface area contributed by atoms with Gasteiger partial charge in [-0.1, -0.05) is 5.92 Å². The lowest BCUT2D eigenvalue weighted by molar-refractivity contribution is 0.370. The maximum atomic E-state index is 5.50.